The number of halogens is 1. The fourth-order valence-corrected chi connectivity index (χ4v) is 2.12. The molecule has 0 radical (unpaired) electrons. The molecule has 0 aliphatic carbocycles. The molecule has 0 aromatic heterocycles. The number of hydrogen-bond donors (Lipinski definition) is 1. The van der Waals surface area contributed by atoms with E-state index in [1.165, 1.54) is 0 Å². The molecule has 17 heavy (non-hydrogen) atoms. The molecule has 2 N–H and O–H groups in total. The predicted molar refractivity (Wildman–Crippen MR) is 73.8 cm³/mol. The average Bonchev–Trinajstić information content (AvgIpc) is 2.22. The second-order valence-electron chi connectivity index (χ2n) is 4.66. The minimum atomic E-state index is -0.291. The van der Waals surface area contributed by atoms with Gasteiger partial charge < -0.3 is 15.2 Å². The van der Waals surface area contributed by atoms with Gasteiger partial charge in [0.2, 0.25) is 0 Å². The molecule has 3 nitrogen and oxygen atoms in total. The fraction of sp³-hybridized carbons (Fsp3) is 0.538. The highest BCUT2D eigenvalue weighted by Gasteiger charge is 2.20. The first-order valence-corrected chi connectivity index (χ1v) is 6.45. The van der Waals surface area contributed by atoms with Gasteiger partial charge in [-0.1, -0.05) is 15.9 Å². The summed E-state index contributed by atoms with van der Waals surface area (Å²) in [6.45, 7) is 6.55. The van der Waals surface area contributed by atoms with Crippen molar-refractivity contribution in [3.63, 3.8) is 0 Å². The molecule has 0 spiro atoms. The zero-order valence-electron chi connectivity index (χ0n) is 10.8. The maximum absolute atomic E-state index is 6.08. The van der Waals surface area contributed by atoms with E-state index in [2.05, 4.69) is 15.9 Å². The number of ether oxygens (including phenoxy) is 2. The topological polar surface area (TPSA) is 44.5 Å². The molecule has 0 heterocycles. The van der Waals surface area contributed by atoms with Crippen LogP contribution in [-0.4, -0.2) is 19.3 Å². The molecule has 0 bridgehead atoms. The molecule has 0 aliphatic heterocycles. The number of benzene rings is 1. The van der Waals surface area contributed by atoms with Gasteiger partial charge in [0.15, 0.2) is 11.5 Å². The summed E-state index contributed by atoms with van der Waals surface area (Å²) in [7, 11) is 1.64. The predicted octanol–water partition coefficient (Wildman–Crippen LogP) is 3.14. The maximum atomic E-state index is 6.08. The van der Waals surface area contributed by atoms with Gasteiger partial charge in [-0.05, 0) is 39.3 Å². The Labute approximate surface area is 111 Å². The van der Waals surface area contributed by atoms with Gasteiger partial charge in [-0.15, -0.1) is 0 Å². The number of rotatable bonds is 5. The van der Waals surface area contributed by atoms with Gasteiger partial charge >= 0.3 is 0 Å². The minimum absolute atomic E-state index is 0.291. The average molecular weight is 302 g/mol. The smallest absolute Gasteiger partial charge is 0.165 e. The summed E-state index contributed by atoms with van der Waals surface area (Å²) in [5.74, 6) is 1.53. The Bertz CT molecular complexity index is 386. The van der Waals surface area contributed by atoms with Gasteiger partial charge in [-0.2, -0.15) is 0 Å². The van der Waals surface area contributed by atoms with Crippen molar-refractivity contribution in [1.82, 2.24) is 0 Å². The molecule has 0 unspecified atom stereocenters. The first kappa shape index (κ1) is 14.3. The van der Waals surface area contributed by atoms with Gasteiger partial charge in [0.25, 0.3) is 0 Å². The molecule has 0 atom stereocenters. The van der Waals surface area contributed by atoms with Gasteiger partial charge in [-0.25, -0.2) is 0 Å². The lowest BCUT2D eigenvalue weighted by atomic mass is 9.95. The van der Waals surface area contributed by atoms with Crippen LogP contribution in [0.2, 0.25) is 0 Å². The largest absolute Gasteiger partial charge is 0.493 e. The Kier molecular flexibility index (Phi) is 4.83. The Morgan fingerprint density at radius 3 is 2.47 bits per heavy atom. The van der Waals surface area contributed by atoms with Crippen molar-refractivity contribution in [2.75, 3.05) is 13.7 Å². The van der Waals surface area contributed by atoms with Gasteiger partial charge in [-0.3, -0.25) is 0 Å². The lowest BCUT2D eigenvalue weighted by Gasteiger charge is -2.22. The van der Waals surface area contributed by atoms with Crippen LogP contribution < -0.4 is 15.2 Å². The fourth-order valence-electron chi connectivity index (χ4n) is 1.67. The number of nitrogens with two attached hydrogens (primary N) is 1. The van der Waals surface area contributed by atoms with Crippen molar-refractivity contribution in [3.05, 3.63) is 22.2 Å². The standard InChI is InChI=1S/C13H20BrNO2/c1-5-17-12-9(8-13(2,3)15)10(14)6-7-11(12)16-4/h6-7H,5,8,15H2,1-4H3. The molecular formula is C13H20BrNO2. The van der Waals surface area contributed by atoms with Crippen molar-refractivity contribution in [2.24, 2.45) is 5.73 Å². The minimum Gasteiger partial charge on any atom is -0.493 e. The van der Waals surface area contributed by atoms with E-state index < -0.39 is 0 Å². The van der Waals surface area contributed by atoms with E-state index in [4.69, 9.17) is 15.2 Å². The quantitative estimate of drug-likeness (QED) is 0.909. The van der Waals surface area contributed by atoms with E-state index in [0.29, 0.717) is 6.61 Å². The third kappa shape index (κ3) is 3.89. The molecule has 1 aromatic carbocycles. The Morgan fingerprint density at radius 2 is 2.00 bits per heavy atom. The molecule has 0 aliphatic rings. The summed E-state index contributed by atoms with van der Waals surface area (Å²) in [4.78, 5) is 0. The van der Waals surface area contributed by atoms with Crippen molar-refractivity contribution in [2.45, 2.75) is 32.7 Å². The highest BCUT2D eigenvalue weighted by Crippen LogP contribution is 2.37. The molecule has 4 heteroatoms. The van der Waals surface area contributed by atoms with Crippen molar-refractivity contribution >= 4 is 15.9 Å². The first-order valence-electron chi connectivity index (χ1n) is 5.66. The van der Waals surface area contributed by atoms with E-state index in [0.717, 1.165) is 28.0 Å². The highest BCUT2D eigenvalue weighted by molar-refractivity contribution is 9.10. The Balaban J connectivity index is 3.23. The Hall–Kier alpha value is -0.740. The van der Waals surface area contributed by atoms with E-state index in [-0.39, 0.29) is 5.54 Å². The van der Waals surface area contributed by atoms with Crippen LogP contribution in [0.15, 0.2) is 16.6 Å². The number of methoxy groups -OCH3 is 1. The second kappa shape index (κ2) is 5.74. The molecule has 0 saturated carbocycles. The number of hydrogen-bond acceptors (Lipinski definition) is 3. The normalized spacial score (nSPS) is 11.4. The van der Waals surface area contributed by atoms with E-state index in [1.54, 1.807) is 7.11 Å². The van der Waals surface area contributed by atoms with E-state index in [1.807, 2.05) is 32.9 Å². The van der Waals surface area contributed by atoms with Crippen LogP contribution in [0.25, 0.3) is 0 Å². The van der Waals surface area contributed by atoms with Crippen LogP contribution in [0.4, 0.5) is 0 Å². The Morgan fingerprint density at radius 1 is 1.35 bits per heavy atom. The lowest BCUT2D eigenvalue weighted by molar-refractivity contribution is 0.305. The second-order valence-corrected chi connectivity index (χ2v) is 5.51. The van der Waals surface area contributed by atoms with Crippen molar-refractivity contribution in [1.29, 1.82) is 0 Å². The van der Waals surface area contributed by atoms with Crippen LogP contribution >= 0.6 is 15.9 Å². The molecule has 0 saturated heterocycles. The molecule has 0 amide bonds. The van der Waals surface area contributed by atoms with Crippen LogP contribution in [0.1, 0.15) is 26.3 Å². The summed E-state index contributed by atoms with van der Waals surface area (Å²) < 4.78 is 12.0. The monoisotopic (exact) mass is 301 g/mol. The van der Waals surface area contributed by atoms with Crippen molar-refractivity contribution < 1.29 is 9.47 Å². The summed E-state index contributed by atoms with van der Waals surface area (Å²) in [5.41, 5.74) is 6.84. The van der Waals surface area contributed by atoms with Crippen LogP contribution in [0.5, 0.6) is 11.5 Å². The SMILES string of the molecule is CCOc1c(OC)ccc(Br)c1CC(C)(C)N. The van der Waals surface area contributed by atoms with Crippen LogP contribution in [-0.2, 0) is 6.42 Å². The van der Waals surface area contributed by atoms with Gasteiger partial charge in [0.1, 0.15) is 0 Å². The summed E-state index contributed by atoms with van der Waals surface area (Å²) in [6.07, 6.45) is 0.722. The third-order valence-corrected chi connectivity index (χ3v) is 3.05. The molecule has 1 rings (SSSR count). The van der Waals surface area contributed by atoms with Gasteiger partial charge in [0.05, 0.1) is 13.7 Å². The molecule has 96 valence electrons. The third-order valence-electron chi connectivity index (χ3n) is 2.31. The molecule has 1 aromatic rings. The lowest BCUT2D eigenvalue weighted by Crippen LogP contribution is -2.34. The summed E-state index contributed by atoms with van der Waals surface area (Å²) in [5, 5.41) is 0. The highest BCUT2D eigenvalue weighted by atomic mass is 79.9. The van der Waals surface area contributed by atoms with Crippen molar-refractivity contribution in [3.8, 4) is 11.5 Å². The zero-order chi connectivity index (χ0) is 13.1. The van der Waals surface area contributed by atoms with E-state index >= 15 is 0 Å². The first-order chi connectivity index (χ1) is 7.89. The summed E-state index contributed by atoms with van der Waals surface area (Å²) in [6, 6.07) is 3.85. The van der Waals surface area contributed by atoms with Crippen LogP contribution in [0, 0.1) is 0 Å². The maximum Gasteiger partial charge on any atom is 0.165 e. The van der Waals surface area contributed by atoms with E-state index in [9.17, 15) is 0 Å². The zero-order valence-corrected chi connectivity index (χ0v) is 12.4. The van der Waals surface area contributed by atoms with Crippen LogP contribution in [0.3, 0.4) is 0 Å². The molecular weight excluding hydrogens is 282 g/mol. The van der Waals surface area contributed by atoms with Gasteiger partial charge in [0, 0.05) is 15.6 Å². The molecule has 0 fully saturated rings. The summed E-state index contributed by atoms with van der Waals surface area (Å²) >= 11 is 3.54.